The lowest BCUT2D eigenvalue weighted by atomic mass is 9.66. The first-order valence-electron chi connectivity index (χ1n) is 11.3. The summed E-state index contributed by atoms with van der Waals surface area (Å²) in [6.45, 7) is 2.67. The number of aromatic nitrogens is 1. The van der Waals surface area contributed by atoms with Crippen molar-refractivity contribution in [1.82, 2.24) is 21.1 Å². The molecule has 6 rings (SSSR count). The lowest BCUT2D eigenvalue weighted by Crippen LogP contribution is -2.74. The summed E-state index contributed by atoms with van der Waals surface area (Å²) in [6.07, 6.45) is 1.30. The number of anilines is 1. The number of imide groups is 2. The first-order valence-corrected chi connectivity index (χ1v) is 11.3. The van der Waals surface area contributed by atoms with Crippen molar-refractivity contribution in [3.8, 4) is 0 Å². The molecule has 34 heavy (non-hydrogen) atoms. The van der Waals surface area contributed by atoms with Crippen LogP contribution in [0.15, 0.2) is 10.6 Å². The van der Waals surface area contributed by atoms with E-state index in [2.05, 4.69) is 21.1 Å². The van der Waals surface area contributed by atoms with Crippen LogP contribution in [-0.4, -0.2) is 60.8 Å². The number of barbiturate groups is 1. The Hall–Kier alpha value is -3.54. The van der Waals surface area contributed by atoms with Gasteiger partial charge >= 0.3 is 6.03 Å². The summed E-state index contributed by atoms with van der Waals surface area (Å²) >= 11 is 0. The minimum atomic E-state index is -1.73. The molecule has 3 aliphatic heterocycles. The molecule has 0 unspecified atom stereocenters. The fourth-order valence-electron chi connectivity index (χ4n) is 5.47. The van der Waals surface area contributed by atoms with E-state index in [1.807, 2.05) is 0 Å². The summed E-state index contributed by atoms with van der Waals surface area (Å²) in [6, 6.07) is -0.221. The van der Waals surface area contributed by atoms with E-state index in [0.29, 0.717) is 18.0 Å². The van der Waals surface area contributed by atoms with Gasteiger partial charge in [-0.15, -0.1) is 0 Å². The van der Waals surface area contributed by atoms with Crippen molar-refractivity contribution in [3.05, 3.63) is 23.1 Å². The molecule has 11 nitrogen and oxygen atoms in total. The van der Waals surface area contributed by atoms with Gasteiger partial charge in [-0.1, -0.05) is 5.16 Å². The maximum absolute atomic E-state index is 15.9. The van der Waals surface area contributed by atoms with Gasteiger partial charge in [-0.25, -0.2) is 9.18 Å². The van der Waals surface area contributed by atoms with Crippen LogP contribution in [-0.2, 0) is 20.7 Å². The highest BCUT2D eigenvalue weighted by Gasteiger charge is 2.62. The number of rotatable bonds is 3. The van der Waals surface area contributed by atoms with E-state index < -0.39 is 47.1 Å². The third-order valence-electron chi connectivity index (χ3n) is 7.24. The summed E-state index contributed by atoms with van der Waals surface area (Å²) in [4.78, 5) is 52.4. The van der Waals surface area contributed by atoms with E-state index in [9.17, 15) is 19.2 Å². The van der Waals surface area contributed by atoms with Crippen molar-refractivity contribution in [2.24, 2.45) is 11.3 Å². The van der Waals surface area contributed by atoms with Crippen LogP contribution >= 0.6 is 0 Å². The van der Waals surface area contributed by atoms with Gasteiger partial charge in [0.25, 0.3) is 5.91 Å². The van der Waals surface area contributed by atoms with Gasteiger partial charge in [0.2, 0.25) is 17.4 Å². The number of hydrogen-bond donors (Lipinski definition) is 3. The topological polar surface area (TPSA) is 143 Å². The normalized spacial score (nSPS) is 25.6. The quantitative estimate of drug-likeness (QED) is 0.553. The van der Waals surface area contributed by atoms with Gasteiger partial charge in [-0.2, -0.15) is 0 Å². The molecule has 1 aromatic heterocycles. The van der Waals surface area contributed by atoms with Gasteiger partial charge in [0, 0.05) is 19.5 Å². The summed E-state index contributed by atoms with van der Waals surface area (Å²) in [5.74, 6) is -2.30. The number of benzene rings is 1. The molecule has 1 spiro atoms. The number of halogens is 1. The predicted octanol–water partition coefficient (Wildman–Crippen LogP) is 0.609. The maximum Gasteiger partial charge on any atom is 0.328 e. The van der Waals surface area contributed by atoms with Crippen molar-refractivity contribution < 1.29 is 32.8 Å². The number of nitrogens with zero attached hydrogens (tertiary/aromatic N) is 2. The van der Waals surface area contributed by atoms with E-state index in [-0.39, 0.29) is 41.9 Å². The second kappa shape index (κ2) is 7.23. The predicted molar refractivity (Wildman–Crippen MR) is 113 cm³/mol. The number of amides is 5. The molecule has 1 saturated carbocycles. The van der Waals surface area contributed by atoms with Crippen molar-refractivity contribution in [2.45, 2.75) is 38.3 Å². The molecule has 5 amide bonds. The number of ether oxygens (including phenoxy) is 1. The third-order valence-corrected chi connectivity index (χ3v) is 7.24. The van der Waals surface area contributed by atoms with Crippen molar-refractivity contribution in [1.29, 1.82) is 0 Å². The molecular formula is C22H22FN5O6. The molecule has 4 aliphatic rings. The maximum atomic E-state index is 15.9. The van der Waals surface area contributed by atoms with Gasteiger partial charge in [-0.3, -0.25) is 25.0 Å². The zero-order valence-corrected chi connectivity index (χ0v) is 18.3. The molecule has 0 radical (unpaired) electrons. The van der Waals surface area contributed by atoms with Crippen LogP contribution in [0.1, 0.15) is 35.8 Å². The fraction of sp³-hybridized carbons (Fsp3) is 0.500. The van der Waals surface area contributed by atoms with Crippen LogP contribution in [0, 0.1) is 17.2 Å². The molecule has 0 bridgehead atoms. The van der Waals surface area contributed by atoms with Gasteiger partial charge in [0.05, 0.1) is 29.8 Å². The zero-order valence-electron chi connectivity index (χ0n) is 18.3. The van der Waals surface area contributed by atoms with Gasteiger partial charge in [0.15, 0.2) is 16.9 Å². The van der Waals surface area contributed by atoms with Gasteiger partial charge in [-0.05, 0) is 37.3 Å². The number of nitrogens with one attached hydrogen (secondary N) is 3. The Morgan fingerprint density at radius 2 is 2.03 bits per heavy atom. The second-order valence-corrected chi connectivity index (χ2v) is 9.36. The minimum Gasteiger partial charge on any atom is -0.374 e. The molecule has 2 aromatic rings. The molecule has 2 atom stereocenters. The Labute approximate surface area is 192 Å². The van der Waals surface area contributed by atoms with Gasteiger partial charge < -0.3 is 19.5 Å². The average molecular weight is 471 g/mol. The zero-order chi connectivity index (χ0) is 23.8. The molecule has 4 heterocycles. The number of fused-ring (bicyclic) bond motifs is 5. The average Bonchev–Trinajstić information content (AvgIpc) is 3.53. The highest BCUT2D eigenvalue weighted by molar-refractivity contribution is 6.20. The molecule has 3 N–H and O–H groups in total. The van der Waals surface area contributed by atoms with Crippen LogP contribution in [0.4, 0.5) is 14.9 Å². The lowest BCUT2D eigenvalue weighted by Gasteiger charge is -2.54. The van der Waals surface area contributed by atoms with Crippen LogP contribution in [0.2, 0.25) is 0 Å². The Morgan fingerprint density at radius 1 is 1.29 bits per heavy atom. The Bertz CT molecular complexity index is 1250. The second-order valence-electron chi connectivity index (χ2n) is 9.36. The SMILES string of the molecule is C[C@@H]1OCCN2c3c(cc4c(C(=O)NCC5CC5)noc4c3F)CC3(C(=O)NC(=O)NC3=O)[C@@H]12. The summed E-state index contributed by atoms with van der Waals surface area (Å²) in [5.41, 5.74) is -1.44. The van der Waals surface area contributed by atoms with Crippen LogP contribution in [0.3, 0.4) is 0 Å². The molecule has 3 fully saturated rings. The van der Waals surface area contributed by atoms with Crippen LogP contribution < -0.4 is 20.9 Å². The largest absolute Gasteiger partial charge is 0.374 e. The number of carbonyl (C=O) groups excluding carboxylic acids is 4. The van der Waals surface area contributed by atoms with E-state index in [1.165, 1.54) is 0 Å². The highest BCUT2D eigenvalue weighted by atomic mass is 19.1. The smallest absolute Gasteiger partial charge is 0.328 e. The molecule has 1 aromatic carbocycles. The number of hydrogen-bond acceptors (Lipinski definition) is 8. The third kappa shape index (κ3) is 2.87. The Morgan fingerprint density at radius 3 is 2.74 bits per heavy atom. The highest BCUT2D eigenvalue weighted by Crippen LogP contribution is 2.48. The van der Waals surface area contributed by atoms with Crippen LogP contribution in [0.5, 0.6) is 0 Å². The summed E-state index contributed by atoms with van der Waals surface area (Å²) in [5, 5.41) is 11.1. The molecule has 1 aliphatic carbocycles. The number of urea groups is 1. The van der Waals surface area contributed by atoms with E-state index in [0.717, 1.165) is 12.8 Å². The standard InChI is InChI=1S/C22H22FN5O6/c1-9-17-22(19(30)25-21(32)26-20(22)31)7-11-6-12-14(18(29)24-8-10-2-3-10)27-34-16(12)13(23)15(11)28(17)4-5-33-9/h6,9-10,17H,2-5,7-8H2,1H3,(H,24,29)(H2,25,26,30,31,32)/t9-,17+/m0/s1. The first-order chi connectivity index (χ1) is 16.3. The number of morpholine rings is 1. The van der Waals surface area contributed by atoms with Crippen molar-refractivity contribution in [3.63, 3.8) is 0 Å². The lowest BCUT2D eigenvalue weighted by molar-refractivity contribution is -0.151. The van der Waals surface area contributed by atoms with E-state index >= 15 is 4.39 Å². The fourth-order valence-corrected chi connectivity index (χ4v) is 5.47. The molecule has 12 heteroatoms. The number of carbonyl (C=O) groups is 4. The van der Waals surface area contributed by atoms with Crippen LogP contribution in [0.25, 0.3) is 11.0 Å². The molecule has 2 saturated heterocycles. The van der Waals surface area contributed by atoms with Crippen molar-refractivity contribution in [2.75, 3.05) is 24.6 Å². The Kier molecular flexibility index (Phi) is 4.47. The Balaban J connectivity index is 1.50. The first kappa shape index (κ1) is 21.0. The summed E-state index contributed by atoms with van der Waals surface area (Å²) in [7, 11) is 0. The minimum absolute atomic E-state index is 0.0587. The molecular weight excluding hydrogens is 449 g/mol. The molecule has 178 valence electrons. The van der Waals surface area contributed by atoms with E-state index in [4.69, 9.17) is 9.26 Å². The monoisotopic (exact) mass is 471 g/mol. The van der Waals surface area contributed by atoms with E-state index in [1.54, 1.807) is 17.9 Å². The van der Waals surface area contributed by atoms with Gasteiger partial charge in [0.1, 0.15) is 0 Å². The van der Waals surface area contributed by atoms with Crippen molar-refractivity contribution >= 4 is 40.4 Å². The summed E-state index contributed by atoms with van der Waals surface area (Å²) < 4.78 is 26.8.